The second kappa shape index (κ2) is 11.2. The zero-order valence-electron chi connectivity index (χ0n) is 20.7. The highest BCUT2D eigenvalue weighted by Crippen LogP contribution is 2.39. The van der Waals surface area contributed by atoms with Gasteiger partial charge in [0.05, 0.1) is 7.11 Å². The van der Waals surface area contributed by atoms with Crippen LogP contribution in [0, 0.1) is 0 Å². The lowest BCUT2D eigenvalue weighted by atomic mass is 9.99. The van der Waals surface area contributed by atoms with E-state index >= 15 is 0 Å². The van der Waals surface area contributed by atoms with Gasteiger partial charge in [-0.1, -0.05) is 6.08 Å². The summed E-state index contributed by atoms with van der Waals surface area (Å²) in [7, 11) is 1.30. The van der Waals surface area contributed by atoms with Crippen LogP contribution in [-0.4, -0.2) is 81.0 Å². The molecule has 2 heterocycles. The molecule has 6 N–H and O–H groups in total. The van der Waals surface area contributed by atoms with E-state index in [4.69, 9.17) is 23.4 Å². The van der Waals surface area contributed by atoms with Crippen LogP contribution in [0.1, 0.15) is 6.92 Å². The zero-order chi connectivity index (χ0) is 28.4. The Kier molecular flexibility index (Phi) is 7.97. The molecule has 5 unspecified atom stereocenters. The molecule has 1 aliphatic rings. The summed E-state index contributed by atoms with van der Waals surface area (Å²) in [4.78, 5) is 25.2. The Hall–Kier alpha value is -4.30. The Labute approximate surface area is 220 Å². The number of carbonyl (C=O) groups excluding carboxylic acids is 1. The molecule has 0 amide bonds. The molecule has 1 saturated heterocycles. The number of allylic oxidation sites excluding steroid dienone is 1. The fourth-order valence-electron chi connectivity index (χ4n) is 4.00. The molecule has 208 valence electrons. The van der Waals surface area contributed by atoms with E-state index in [0.29, 0.717) is 0 Å². The van der Waals surface area contributed by atoms with Gasteiger partial charge in [0.25, 0.3) is 0 Å². The van der Waals surface area contributed by atoms with E-state index in [2.05, 4.69) is 0 Å². The number of hydrogen-bond donors (Lipinski definition) is 6. The molecule has 3 aromatic rings. The first-order valence-corrected chi connectivity index (χ1v) is 11.6. The summed E-state index contributed by atoms with van der Waals surface area (Å²) in [5, 5.41) is 61.2. The van der Waals surface area contributed by atoms with Crippen LogP contribution in [0.25, 0.3) is 22.3 Å². The highest BCUT2D eigenvalue weighted by molar-refractivity contribution is 5.88. The maximum atomic E-state index is 13.5. The number of phenols is 3. The van der Waals surface area contributed by atoms with E-state index in [0.717, 1.165) is 18.2 Å². The Morgan fingerprint density at radius 3 is 2.46 bits per heavy atom. The largest absolute Gasteiger partial charge is 0.508 e. The van der Waals surface area contributed by atoms with Crippen molar-refractivity contribution in [3.05, 3.63) is 52.7 Å². The quantitative estimate of drug-likeness (QED) is 0.180. The van der Waals surface area contributed by atoms with Crippen molar-refractivity contribution in [1.29, 1.82) is 0 Å². The Morgan fingerprint density at radius 1 is 1.03 bits per heavy atom. The first-order valence-electron chi connectivity index (χ1n) is 11.6. The highest BCUT2D eigenvalue weighted by Gasteiger charge is 2.46. The van der Waals surface area contributed by atoms with Crippen LogP contribution in [0.15, 0.2) is 51.7 Å². The number of aromatic hydroxyl groups is 3. The number of benzene rings is 2. The van der Waals surface area contributed by atoms with Crippen molar-refractivity contribution in [3.63, 3.8) is 0 Å². The van der Waals surface area contributed by atoms with Gasteiger partial charge in [0.15, 0.2) is 17.3 Å². The van der Waals surface area contributed by atoms with Gasteiger partial charge in [-0.25, -0.2) is 4.79 Å². The summed E-state index contributed by atoms with van der Waals surface area (Å²) in [6, 6.07) is 5.92. The van der Waals surface area contributed by atoms with Gasteiger partial charge in [-0.15, -0.1) is 0 Å². The number of esters is 1. The number of rotatable bonds is 7. The Morgan fingerprint density at radius 2 is 1.77 bits per heavy atom. The van der Waals surface area contributed by atoms with Gasteiger partial charge in [0, 0.05) is 23.8 Å². The zero-order valence-corrected chi connectivity index (χ0v) is 20.7. The fraction of sp³-hybridized carbons (Fsp3) is 0.308. The number of aliphatic hydroxyl groups excluding tert-OH is 3. The second-order valence-corrected chi connectivity index (χ2v) is 8.58. The van der Waals surface area contributed by atoms with Gasteiger partial charge in [-0.3, -0.25) is 4.79 Å². The molecule has 0 radical (unpaired) electrons. The van der Waals surface area contributed by atoms with Crippen molar-refractivity contribution in [1.82, 2.24) is 0 Å². The molecular formula is C26H26O13. The summed E-state index contributed by atoms with van der Waals surface area (Å²) in [5.74, 6) is -2.85. The molecule has 0 spiro atoms. The van der Waals surface area contributed by atoms with Crippen LogP contribution >= 0.6 is 0 Å². The first-order chi connectivity index (χ1) is 18.5. The third-order valence-electron chi connectivity index (χ3n) is 5.95. The molecule has 4 rings (SSSR count). The van der Waals surface area contributed by atoms with Crippen molar-refractivity contribution in [3.8, 4) is 40.1 Å². The van der Waals surface area contributed by atoms with E-state index in [9.17, 15) is 40.2 Å². The molecule has 1 fully saturated rings. The first kappa shape index (κ1) is 27.7. The minimum Gasteiger partial charge on any atom is -0.508 e. The normalized spacial score (nSPS) is 23.2. The van der Waals surface area contributed by atoms with Crippen LogP contribution in [0.4, 0.5) is 0 Å². The van der Waals surface area contributed by atoms with Gasteiger partial charge < -0.3 is 54.0 Å². The summed E-state index contributed by atoms with van der Waals surface area (Å²) in [6.45, 7) is 1.06. The predicted octanol–water partition coefficient (Wildman–Crippen LogP) is 0.891. The SMILES string of the molecule is CC=CC(=O)OCC1OC(Oc2c(-c3ccc(O)c(OC)c3)oc3cc(O)cc(O)c3c2=O)C(O)C(O)C1O. The summed E-state index contributed by atoms with van der Waals surface area (Å²) in [6.07, 6.45) is -5.99. The highest BCUT2D eigenvalue weighted by atomic mass is 16.7. The van der Waals surface area contributed by atoms with Crippen molar-refractivity contribution in [2.24, 2.45) is 0 Å². The third-order valence-corrected chi connectivity index (χ3v) is 5.95. The molecular weight excluding hydrogens is 520 g/mol. The van der Waals surface area contributed by atoms with E-state index in [1.807, 2.05) is 0 Å². The minimum atomic E-state index is -1.88. The van der Waals surface area contributed by atoms with Crippen molar-refractivity contribution < 1.29 is 58.8 Å². The molecule has 13 heteroatoms. The topological polar surface area (TPSA) is 206 Å². The predicted molar refractivity (Wildman–Crippen MR) is 133 cm³/mol. The fourth-order valence-corrected chi connectivity index (χ4v) is 4.00. The van der Waals surface area contributed by atoms with E-state index in [1.54, 1.807) is 6.92 Å². The van der Waals surface area contributed by atoms with Gasteiger partial charge >= 0.3 is 5.97 Å². The molecule has 1 aromatic heterocycles. The van der Waals surface area contributed by atoms with Gasteiger partial charge in [0.1, 0.15) is 53.5 Å². The van der Waals surface area contributed by atoms with Gasteiger partial charge in [-0.05, 0) is 25.1 Å². The van der Waals surface area contributed by atoms with Crippen LogP contribution in [-0.2, 0) is 14.3 Å². The average Bonchev–Trinajstić information content (AvgIpc) is 2.89. The molecule has 0 saturated carbocycles. The van der Waals surface area contributed by atoms with Crippen molar-refractivity contribution in [2.75, 3.05) is 13.7 Å². The molecule has 39 heavy (non-hydrogen) atoms. The summed E-state index contributed by atoms with van der Waals surface area (Å²) < 4.78 is 27.2. The van der Waals surface area contributed by atoms with Crippen LogP contribution in [0.2, 0.25) is 0 Å². The van der Waals surface area contributed by atoms with Crippen LogP contribution in [0.3, 0.4) is 0 Å². The molecule has 1 aliphatic heterocycles. The number of hydrogen-bond acceptors (Lipinski definition) is 13. The van der Waals surface area contributed by atoms with Gasteiger partial charge in [-0.2, -0.15) is 0 Å². The third kappa shape index (κ3) is 5.47. The summed E-state index contributed by atoms with van der Waals surface area (Å²) >= 11 is 0. The maximum Gasteiger partial charge on any atom is 0.330 e. The molecule has 0 bridgehead atoms. The van der Waals surface area contributed by atoms with E-state index < -0.39 is 66.0 Å². The van der Waals surface area contributed by atoms with Gasteiger partial charge in [0.2, 0.25) is 17.5 Å². The molecule has 13 nitrogen and oxygen atoms in total. The number of methoxy groups -OCH3 is 1. The monoisotopic (exact) mass is 546 g/mol. The maximum absolute atomic E-state index is 13.5. The number of carbonyl (C=O) groups is 1. The lowest BCUT2D eigenvalue weighted by Crippen LogP contribution is -2.60. The second-order valence-electron chi connectivity index (χ2n) is 8.58. The standard InChI is InChI=1S/C26H26O13/c1-3-4-18(30)36-10-17-20(31)22(33)23(34)26(38-17)39-25-21(32)19-14(29)8-12(27)9-16(19)37-24(25)11-5-6-13(28)15(7-11)35-2/h3-9,17,20,22-23,26-29,31,33-34H,10H2,1-2H3. The van der Waals surface area contributed by atoms with E-state index in [-0.39, 0.29) is 33.8 Å². The van der Waals surface area contributed by atoms with E-state index in [1.165, 1.54) is 31.4 Å². The van der Waals surface area contributed by atoms with Crippen LogP contribution in [0.5, 0.6) is 28.7 Å². The van der Waals surface area contributed by atoms with Crippen molar-refractivity contribution in [2.45, 2.75) is 37.6 Å². The number of aliphatic hydroxyl groups is 3. The number of fused-ring (bicyclic) bond motifs is 1. The number of phenolic OH excluding ortho intramolecular Hbond substituents is 3. The summed E-state index contributed by atoms with van der Waals surface area (Å²) in [5.41, 5.74) is -1.02. The number of ether oxygens (including phenoxy) is 4. The van der Waals surface area contributed by atoms with Crippen molar-refractivity contribution >= 4 is 16.9 Å². The smallest absolute Gasteiger partial charge is 0.330 e. The molecule has 0 aliphatic carbocycles. The average molecular weight is 546 g/mol. The molecule has 5 atom stereocenters. The Balaban J connectivity index is 1.80. The van der Waals surface area contributed by atoms with Crippen LogP contribution < -0.4 is 14.9 Å². The Bertz CT molecular complexity index is 1460. The minimum absolute atomic E-state index is 0.00968. The molecule has 2 aromatic carbocycles. The lowest BCUT2D eigenvalue weighted by Gasteiger charge is -2.39. The lowest BCUT2D eigenvalue weighted by molar-refractivity contribution is -0.278.